The summed E-state index contributed by atoms with van der Waals surface area (Å²) in [5, 5.41) is 0. The summed E-state index contributed by atoms with van der Waals surface area (Å²) in [4.78, 5) is 8.61. The van der Waals surface area contributed by atoms with Crippen LogP contribution >= 0.6 is 11.8 Å². The van der Waals surface area contributed by atoms with Gasteiger partial charge in [0, 0.05) is 35.8 Å². The highest BCUT2D eigenvalue weighted by Gasteiger charge is 2.31. The van der Waals surface area contributed by atoms with Gasteiger partial charge >= 0.3 is 0 Å². The van der Waals surface area contributed by atoms with E-state index in [2.05, 4.69) is 60.7 Å². The van der Waals surface area contributed by atoms with E-state index in [4.69, 9.17) is 4.98 Å². The zero-order valence-corrected chi connectivity index (χ0v) is 15.0. The minimum absolute atomic E-state index is 0.528. The second-order valence-corrected chi connectivity index (χ2v) is 7.95. The van der Waals surface area contributed by atoms with Gasteiger partial charge in [-0.2, -0.15) is 0 Å². The van der Waals surface area contributed by atoms with E-state index in [0.717, 1.165) is 17.5 Å². The van der Waals surface area contributed by atoms with Gasteiger partial charge < -0.3 is 4.90 Å². The Morgan fingerprint density at radius 2 is 1.88 bits per heavy atom. The molecule has 1 atom stereocenters. The van der Waals surface area contributed by atoms with Crippen LogP contribution in [0.5, 0.6) is 0 Å². The predicted octanol–water partition coefficient (Wildman–Crippen LogP) is 5.50. The van der Waals surface area contributed by atoms with Gasteiger partial charge in [-0.25, -0.2) is 0 Å². The molecule has 1 unspecified atom stereocenters. The van der Waals surface area contributed by atoms with Crippen molar-refractivity contribution in [3.05, 3.63) is 65.3 Å². The third-order valence-electron chi connectivity index (χ3n) is 5.18. The van der Waals surface area contributed by atoms with E-state index in [1.54, 1.807) is 0 Å². The van der Waals surface area contributed by atoms with Gasteiger partial charge in [-0.15, -0.1) is 11.8 Å². The van der Waals surface area contributed by atoms with Gasteiger partial charge in [-0.1, -0.05) is 49.2 Å². The molecule has 124 valence electrons. The first kappa shape index (κ1) is 15.8. The molecule has 0 amide bonds. The van der Waals surface area contributed by atoms with Crippen LogP contribution in [-0.2, 0) is 0 Å². The van der Waals surface area contributed by atoms with Crippen LogP contribution in [-0.4, -0.2) is 22.8 Å². The average Bonchev–Trinajstić information content (AvgIpc) is 3.29. The minimum Gasteiger partial charge on any atom is -0.370 e. The van der Waals surface area contributed by atoms with Crippen molar-refractivity contribution in [2.75, 3.05) is 12.9 Å². The Balaban J connectivity index is 1.64. The molecule has 1 aromatic heterocycles. The van der Waals surface area contributed by atoms with Crippen molar-refractivity contribution in [2.24, 2.45) is 5.92 Å². The summed E-state index contributed by atoms with van der Waals surface area (Å²) in [7, 11) is 2.17. The van der Waals surface area contributed by atoms with Crippen molar-refractivity contribution in [3.8, 4) is 11.3 Å². The first-order chi connectivity index (χ1) is 11.8. The number of nitrogens with zero attached hydrogens (tertiary/aromatic N) is 2. The van der Waals surface area contributed by atoms with Crippen LogP contribution in [0.1, 0.15) is 37.2 Å². The molecule has 1 aliphatic heterocycles. The minimum atomic E-state index is 0.528. The molecule has 1 aliphatic carbocycles. The fraction of sp³-hybridized carbons (Fsp3) is 0.381. The summed E-state index contributed by atoms with van der Waals surface area (Å²) in [5.74, 6) is 2.38. The molecule has 3 heteroatoms. The Hall–Kier alpha value is -1.74. The van der Waals surface area contributed by atoms with E-state index in [1.165, 1.54) is 41.7 Å². The van der Waals surface area contributed by atoms with Gasteiger partial charge in [0.15, 0.2) is 0 Å². The van der Waals surface area contributed by atoms with Crippen LogP contribution in [0.15, 0.2) is 59.8 Å². The highest BCUT2D eigenvalue weighted by Crippen LogP contribution is 2.47. The number of pyridine rings is 1. The van der Waals surface area contributed by atoms with Gasteiger partial charge in [0.25, 0.3) is 0 Å². The number of allylic oxidation sites excluding steroid dienone is 1. The largest absolute Gasteiger partial charge is 0.370 e. The molecule has 2 aromatic rings. The molecule has 0 spiro atoms. The monoisotopic (exact) mass is 336 g/mol. The molecule has 4 rings (SSSR count). The Bertz CT molecular complexity index is 702. The standard InChI is InChI=1S/C21H24N2S/c1-23-14-20(24-15-23)21(17-9-5-6-10-17)18-11-12-19(22-13-18)16-7-3-2-4-8-16/h2-4,7-8,11-14,17,21H,5-6,9-10,15H2,1H3. The van der Waals surface area contributed by atoms with E-state index in [1.807, 2.05) is 17.8 Å². The molecule has 2 aliphatic rings. The molecule has 1 saturated carbocycles. The van der Waals surface area contributed by atoms with Crippen LogP contribution in [0.2, 0.25) is 0 Å². The lowest BCUT2D eigenvalue weighted by Gasteiger charge is -2.24. The van der Waals surface area contributed by atoms with Gasteiger partial charge in [0.05, 0.1) is 11.6 Å². The normalized spacial score (nSPS) is 19.5. The van der Waals surface area contributed by atoms with E-state index in [9.17, 15) is 0 Å². The highest BCUT2D eigenvalue weighted by molar-refractivity contribution is 8.03. The molecule has 0 saturated heterocycles. The van der Waals surface area contributed by atoms with Crippen LogP contribution < -0.4 is 0 Å². The van der Waals surface area contributed by atoms with Gasteiger partial charge in [0.1, 0.15) is 0 Å². The van der Waals surface area contributed by atoms with Gasteiger partial charge in [-0.3, -0.25) is 4.98 Å². The van der Waals surface area contributed by atoms with Crippen LogP contribution in [0.4, 0.5) is 0 Å². The van der Waals surface area contributed by atoms with Gasteiger partial charge in [-0.05, 0) is 30.4 Å². The first-order valence-corrected chi connectivity index (χ1v) is 9.86. The molecule has 0 radical (unpaired) electrons. The summed E-state index contributed by atoms with van der Waals surface area (Å²) >= 11 is 2.00. The van der Waals surface area contributed by atoms with E-state index in [0.29, 0.717) is 5.92 Å². The molecular formula is C21H24N2S. The lowest BCUT2D eigenvalue weighted by atomic mass is 9.85. The van der Waals surface area contributed by atoms with Crippen LogP contribution in [0, 0.1) is 5.92 Å². The SMILES string of the molecule is CN1C=C(C(c2ccc(-c3ccccc3)nc2)C2CCCC2)SC1. The summed E-state index contributed by atoms with van der Waals surface area (Å²) in [6.07, 6.45) is 9.93. The second-order valence-electron chi connectivity index (χ2n) is 6.93. The molecule has 0 N–H and O–H groups in total. The lowest BCUT2D eigenvalue weighted by molar-refractivity contribution is 0.481. The maximum atomic E-state index is 4.78. The zero-order valence-electron chi connectivity index (χ0n) is 14.2. The van der Waals surface area contributed by atoms with Crippen LogP contribution in [0.3, 0.4) is 0 Å². The highest BCUT2D eigenvalue weighted by atomic mass is 32.2. The molecule has 2 heterocycles. The average molecular weight is 337 g/mol. The quantitative estimate of drug-likeness (QED) is 0.733. The molecular weight excluding hydrogens is 312 g/mol. The fourth-order valence-corrected chi connectivity index (χ4v) is 5.16. The third-order valence-corrected chi connectivity index (χ3v) is 6.40. The van der Waals surface area contributed by atoms with Crippen LogP contribution in [0.25, 0.3) is 11.3 Å². The molecule has 2 nitrogen and oxygen atoms in total. The smallest absolute Gasteiger partial charge is 0.0702 e. The zero-order chi connectivity index (χ0) is 16.4. The Morgan fingerprint density at radius 3 is 2.50 bits per heavy atom. The Morgan fingerprint density at radius 1 is 1.08 bits per heavy atom. The summed E-state index contributed by atoms with van der Waals surface area (Å²) in [6.45, 7) is 0. The third kappa shape index (κ3) is 3.23. The summed E-state index contributed by atoms with van der Waals surface area (Å²) < 4.78 is 0. The van der Waals surface area contributed by atoms with Crippen molar-refractivity contribution < 1.29 is 0 Å². The second kappa shape index (κ2) is 7.02. The molecule has 24 heavy (non-hydrogen) atoms. The summed E-state index contributed by atoms with van der Waals surface area (Å²) in [6, 6.07) is 14.9. The number of aromatic nitrogens is 1. The lowest BCUT2D eigenvalue weighted by Crippen LogP contribution is -2.11. The molecule has 1 aromatic carbocycles. The van der Waals surface area contributed by atoms with Crippen molar-refractivity contribution >= 4 is 11.8 Å². The van der Waals surface area contributed by atoms with Crippen molar-refractivity contribution in [1.82, 2.24) is 9.88 Å². The van der Waals surface area contributed by atoms with E-state index >= 15 is 0 Å². The number of hydrogen-bond donors (Lipinski definition) is 0. The van der Waals surface area contributed by atoms with Crippen molar-refractivity contribution in [3.63, 3.8) is 0 Å². The molecule has 0 bridgehead atoms. The summed E-state index contributed by atoms with van der Waals surface area (Å²) in [5.41, 5.74) is 3.64. The van der Waals surface area contributed by atoms with Crippen molar-refractivity contribution in [2.45, 2.75) is 31.6 Å². The fourth-order valence-electron chi connectivity index (χ4n) is 3.97. The Labute approximate surface area is 149 Å². The number of benzene rings is 1. The topological polar surface area (TPSA) is 16.1 Å². The van der Waals surface area contributed by atoms with Crippen molar-refractivity contribution in [1.29, 1.82) is 0 Å². The Kier molecular flexibility index (Phi) is 4.61. The van der Waals surface area contributed by atoms with E-state index in [-0.39, 0.29) is 0 Å². The maximum absolute atomic E-state index is 4.78. The molecule has 1 fully saturated rings. The number of thioether (sulfide) groups is 1. The first-order valence-electron chi connectivity index (χ1n) is 8.87. The predicted molar refractivity (Wildman–Crippen MR) is 103 cm³/mol. The van der Waals surface area contributed by atoms with Gasteiger partial charge in [0.2, 0.25) is 0 Å². The maximum Gasteiger partial charge on any atom is 0.0702 e. The van der Waals surface area contributed by atoms with E-state index < -0.39 is 0 Å². The number of hydrogen-bond acceptors (Lipinski definition) is 3. The number of rotatable bonds is 4.